The fourth-order valence-electron chi connectivity index (χ4n) is 2.46. The molecule has 0 saturated carbocycles. The van der Waals surface area contributed by atoms with Gasteiger partial charge >= 0.3 is 26.2 Å². The summed E-state index contributed by atoms with van der Waals surface area (Å²) in [7, 11) is 3.37. The van der Waals surface area contributed by atoms with E-state index in [1.165, 1.54) is 21.5 Å². The van der Waals surface area contributed by atoms with E-state index in [0.29, 0.717) is 0 Å². The van der Waals surface area contributed by atoms with Crippen molar-refractivity contribution in [2.75, 3.05) is 14.2 Å². The monoisotopic (exact) mass is 450 g/mol. The topological polar surface area (TPSA) is 18.5 Å². The number of ether oxygens (including phenoxy) is 2. The number of methoxy groups -OCH3 is 2. The summed E-state index contributed by atoms with van der Waals surface area (Å²) in [5.74, 6) is 1.84. The molecule has 4 aromatic rings. The number of fused-ring (bicyclic) bond motifs is 2. The van der Waals surface area contributed by atoms with Crippen molar-refractivity contribution in [2.24, 2.45) is 0 Å². The molecule has 0 amide bonds. The molecule has 0 bridgehead atoms. The van der Waals surface area contributed by atoms with Crippen LogP contribution in [0.15, 0.2) is 72.8 Å². The first kappa shape index (κ1) is 23.7. The van der Waals surface area contributed by atoms with Crippen LogP contribution in [0.3, 0.4) is 0 Å². The zero-order valence-corrected chi connectivity index (χ0v) is 18.0. The third-order valence-electron chi connectivity index (χ3n) is 3.69. The summed E-state index contributed by atoms with van der Waals surface area (Å²) in [5, 5.41) is 5.02. The van der Waals surface area contributed by atoms with Gasteiger partial charge in [0.25, 0.3) is 0 Å². The van der Waals surface area contributed by atoms with E-state index < -0.39 is 0 Å². The van der Waals surface area contributed by atoms with E-state index in [4.69, 9.17) is 9.47 Å². The molecule has 128 valence electrons. The van der Waals surface area contributed by atoms with Crippen LogP contribution in [0.4, 0.5) is 0 Å². The van der Waals surface area contributed by atoms with Crippen molar-refractivity contribution in [1.29, 1.82) is 0 Å². The van der Waals surface area contributed by atoms with E-state index in [2.05, 4.69) is 36.4 Å². The van der Waals surface area contributed by atoms with Crippen molar-refractivity contribution in [3.8, 4) is 11.5 Å². The predicted molar refractivity (Wildman–Crippen MR) is 92.2 cm³/mol. The Bertz CT molecular complexity index is 809. The predicted octanol–water partition coefficient (Wildman–Crippen LogP) is -0.860. The third kappa shape index (κ3) is 5.88. The molecule has 0 N–H and O–H groups in total. The van der Waals surface area contributed by atoms with Gasteiger partial charge in [0, 0.05) is 0 Å². The minimum absolute atomic E-state index is 0. The molecule has 2 nitrogen and oxygen atoms in total. The Morgan fingerprint density at radius 2 is 1.04 bits per heavy atom. The van der Waals surface area contributed by atoms with Crippen molar-refractivity contribution >= 4 is 21.5 Å². The molecule has 0 aliphatic heterocycles. The van der Waals surface area contributed by atoms with Gasteiger partial charge < -0.3 is 34.3 Å². The fraction of sp³-hybridized carbons (Fsp3) is 0.100. The van der Waals surface area contributed by atoms with Gasteiger partial charge in [-0.2, -0.15) is 24.3 Å². The molecule has 0 aliphatic rings. The van der Waals surface area contributed by atoms with Crippen LogP contribution in [0.1, 0.15) is 0 Å². The van der Waals surface area contributed by atoms with Crippen molar-refractivity contribution in [3.63, 3.8) is 0 Å². The Morgan fingerprint density at radius 1 is 0.640 bits per heavy atom. The van der Waals surface area contributed by atoms with Gasteiger partial charge in [-0.05, 0) is 0 Å². The molecule has 0 heterocycles. The van der Waals surface area contributed by atoms with Gasteiger partial charge in [-0.25, -0.2) is 0 Å². The summed E-state index contributed by atoms with van der Waals surface area (Å²) in [6, 6.07) is 24.6. The minimum Gasteiger partial charge on any atom is -1.00 e. The molecule has 0 atom stereocenters. The summed E-state index contributed by atoms with van der Waals surface area (Å²) in [6.07, 6.45) is 0. The van der Waals surface area contributed by atoms with Crippen LogP contribution in [0.2, 0.25) is 0 Å². The molecule has 0 fully saturated rings. The van der Waals surface area contributed by atoms with Gasteiger partial charge in [0.2, 0.25) is 0 Å². The summed E-state index contributed by atoms with van der Waals surface area (Å²) in [4.78, 5) is 0. The smallest absolute Gasteiger partial charge is 1.00 e. The molecule has 5 heteroatoms. The number of halogens is 2. The maximum atomic E-state index is 5.09. The zero-order valence-electron chi connectivity index (χ0n) is 14.0. The molecular formula is C20H18Cl2O2Zr. The van der Waals surface area contributed by atoms with E-state index in [-0.39, 0.29) is 51.0 Å². The third-order valence-corrected chi connectivity index (χ3v) is 3.69. The standard InChI is InChI=1S/2C10H9O.2ClH.Zr/c2*1-11-10-6-5-8-3-2-4-9(8)7-10;;;/h2*2-7H,1H3;2*1H;/q2*-1;;;+4/p-2. The molecule has 0 radical (unpaired) electrons. The molecule has 4 aromatic carbocycles. The van der Waals surface area contributed by atoms with Gasteiger partial charge in [0.1, 0.15) is 0 Å². The Kier molecular flexibility index (Phi) is 10.8. The first-order valence-electron chi connectivity index (χ1n) is 7.19. The van der Waals surface area contributed by atoms with Crippen LogP contribution < -0.4 is 34.3 Å². The van der Waals surface area contributed by atoms with Gasteiger partial charge in [-0.3, -0.25) is 0 Å². The number of rotatable bonds is 2. The maximum absolute atomic E-state index is 5.09. The fourth-order valence-corrected chi connectivity index (χ4v) is 2.46. The summed E-state index contributed by atoms with van der Waals surface area (Å²) >= 11 is 0. The minimum atomic E-state index is 0. The molecular weight excluding hydrogens is 434 g/mol. The molecule has 4 rings (SSSR count). The van der Waals surface area contributed by atoms with Crippen molar-refractivity contribution in [2.45, 2.75) is 0 Å². The first-order chi connectivity index (χ1) is 10.8. The largest absolute Gasteiger partial charge is 4.00 e. The van der Waals surface area contributed by atoms with Crippen LogP contribution in [0, 0.1) is 0 Å². The molecule has 0 aliphatic carbocycles. The van der Waals surface area contributed by atoms with Gasteiger partial charge in [0.15, 0.2) is 0 Å². The Hall–Kier alpha value is -1.28. The van der Waals surface area contributed by atoms with Crippen molar-refractivity contribution in [1.82, 2.24) is 0 Å². The number of hydrogen-bond acceptors (Lipinski definition) is 2. The van der Waals surface area contributed by atoms with E-state index in [0.717, 1.165) is 11.5 Å². The molecule has 0 spiro atoms. The second-order valence-corrected chi connectivity index (χ2v) is 5.04. The Morgan fingerprint density at radius 3 is 1.40 bits per heavy atom. The zero-order chi connectivity index (χ0) is 15.4. The molecule has 0 saturated heterocycles. The van der Waals surface area contributed by atoms with Crippen molar-refractivity contribution < 1.29 is 60.5 Å². The quantitative estimate of drug-likeness (QED) is 0.369. The van der Waals surface area contributed by atoms with E-state index in [1.54, 1.807) is 14.2 Å². The number of hydrogen-bond donors (Lipinski definition) is 0. The maximum Gasteiger partial charge on any atom is 4.00 e. The van der Waals surface area contributed by atoms with E-state index in [1.807, 2.05) is 36.4 Å². The number of benzene rings is 2. The molecule has 0 aromatic heterocycles. The molecule has 0 unspecified atom stereocenters. The van der Waals surface area contributed by atoms with Crippen molar-refractivity contribution in [3.05, 3.63) is 72.8 Å². The van der Waals surface area contributed by atoms with Crippen LogP contribution >= 0.6 is 0 Å². The van der Waals surface area contributed by atoms with Crippen LogP contribution in [-0.4, -0.2) is 14.2 Å². The van der Waals surface area contributed by atoms with Gasteiger partial charge in [-0.15, -0.1) is 45.8 Å². The van der Waals surface area contributed by atoms with Gasteiger partial charge in [0.05, 0.1) is 25.7 Å². The average Bonchev–Trinajstić information content (AvgIpc) is 3.22. The Balaban J connectivity index is 0.000000411. The SMILES string of the molecule is COc1ccc2[cH-]ccc2c1.COc1ccc2[cH-]ccc2c1.[Cl-].[Cl-].[Zr+4]. The Labute approximate surface area is 179 Å². The van der Waals surface area contributed by atoms with Gasteiger partial charge in [-0.1, -0.05) is 24.3 Å². The van der Waals surface area contributed by atoms with Crippen LogP contribution in [0.5, 0.6) is 11.5 Å². The summed E-state index contributed by atoms with van der Waals surface area (Å²) in [6.45, 7) is 0. The molecule has 25 heavy (non-hydrogen) atoms. The second kappa shape index (κ2) is 11.4. The van der Waals surface area contributed by atoms with E-state index in [9.17, 15) is 0 Å². The van der Waals surface area contributed by atoms with Crippen LogP contribution in [-0.2, 0) is 26.2 Å². The first-order valence-corrected chi connectivity index (χ1v) is 7.19. The summed E-state index contributed by atoms with van der Waals surface area (Å²) in [5.41, 5.74) is 0. The van der Waals surface area contributed by atoms with Crippen LogP contribution in [0.25, 0.3) is 21.5 Å². The summed E-state index contributed by atoms with van der Waals surface area (Å²) < 4.78 is 10.2. The van der Waals surface area contributed by atoms with E-state index >= 15 is 0 Å². The average molecular weight is 452 g/mol. The normalized spacial score (nSPS) is 9.04. The second-order valence-electron chi connectivity index (χ2n) is 5.04.